The Hall–Kier alpha value is -2.70. The number of likely N-dealkylation sites (N-methyl/N-ethyl adjacent to an activating group) is 1. The third-order valence-electron chi connectivity index (χ3n) is 4.36. The molecule has 7 heteroatoms. The van der Waals surface area contributed by atoms with Gasteiger partial charge in [-0.3, -0.25) is 24.1 Å². The maximum absolute atomic E-state index is 12.8. The molecule has 0 saturated heterocycles. The lowest BCUT2D eigenvalue weighted by Gasteiger charge is -2.29. The maximum atomic E-state index is 12.8. The Labute approximate surface area is 146 Å². The van der Waals surface area contributed by atoms with Crippen molar-refractivity contribution in [3.8, 4) is 0 Å². The Balaban J connectivity index is 2.18. The molecule has 0 spiro atoms. The monoisotopic (exact) mass is 346 g/mol. The average molecular weight is 346 g/mol. The van der Waals surface area contributed by atoms with Crippen LogP contribution in [0.25, 0.3) is 0 Å². The van der Waals surface area contributed by atoms with Crippen molar-refractivity contribution >= 4 is 23.7 Å². The molecule has 0 aliphatic carbocycles. The van der Waals surface area contributed by atoms with E-state index >= 15 is 0 Å². The molecule has 1 aliphatic heterocycles. The zero-order chi connectivity index (χ0) is 18.7. The Morgan fingerprint density at radius 1 is 1.12 bits per heavy atom. The largest absolute Gasteiger partial charge is 0.469 e. The predicted octanol–water partition coefficient (Wildman–Crippen LogP) is 1.33. The van der Waals surface area contributed by atoms with E-state index in [1.165, 1.54) is 18.9 Å². The summed E-state index contributed by atoms with van der Waals surface area (Å²) >= 11 is 0. The van der Waals surface area contributed by atoms with Crippen LogP contribution in [0.15, 0.2) is 24.3 Å². The van der Waals surface area contributed by atoms with Gasteiger partial charge >= 0.3 is 5.97 Å². The van der Waals surface area contributed by atoms with Gasteiger partial charge in [0.25, 0.3) is 11.8 Å². The average Bonchev–Trinajstić information content (AvgIpc) is 2.88. The van der Waals surface area contributed by atoms with Gasteiger partial charge in [-0.2, -0.15) is 0 Å². The molecule has 2 rings (SSSR count). The van der Waals surface area contributed by atoms with E-state index in [0.29, 0.717) is 17.7 Å². The zero-order valence-electron chi connectivity index (χ0n) is 14.8. The first kappa shape index (κ1) is 18.6. The number of imide groups is 1. The topological polar surface area (TPSA) is 84.0 Å². The molecule has 0 saturated carbocycles. The summed E-state index contributed by atoms with van der Waals surface area (Å²) in [5, 5.41) is 0. The molecule has 0 radical (unpaired) electrons. The Bertz CT molecular complexity index is 680. The smallest absolute Gasteiger partial charge is 0.310 e. The molecule has 1 heterocycles. The van der Waals surface area contributed by atoms with Gasteiger partial charge in [-0.15, -0.1) is 0 Å². The van der Waals surface area contributed by atoms with Crippen LogP contribution in [-0.2, 0) is 14.3 Å². The molecular weight excluding hydrogens is 324 g/mol. The number of esters is 1. The minimum atomic E-state index is -0.947. The fraction of sp³-hybridized carbons (Fsp3) is 0.444. The standard InChI is InChI=1S/C18H22N2O5/c1-5-19(10-11(2)18(24)25-4)15(21)12(3)20-16(22)13-8-6-7-9-14(13)17(20)23/h6-9,11-12H,5,10H2,1-4H3. The molecule has 0 bridgehead atoms. The zero-order valence-corrected chi connectivity index (χ0v) is 14.8. The molecule has 2 atom stereocenters. The van der Waals surface area contributed by atoms with Gasteiger partial charge in [-0.1, -0.05) is 19.1 Å². The second-order valence-corrected chi connectivity index (χ2v) is 6.00. The highest BCUT2D eigenvalue weighted by Crippen LogP contribution is 2.25. The number of fused-ring (bicyclic) bond motifs is 1. The highest BCUT2D eigenvalue weighted by molar-refractivity contribution is 6.22. The molecule has 0 N–H and O–H groups in total. The first-order valence-electron chi connectivity index (χ1n) is 8.17. The second kappa shape index (κ2) is 7.46. The van der Waals surface area contributed by atoms with E-state index in [4.69, 9.17) is 0 Å². The first-order valence-corrected chi connectivity index (χ1v) is 8.17. The van der Waals surface area contributed by atoms with E-state index in [9.17, 15) is 19.2 Å². The normalized spacial score (nSPS) is 15.6. The van der Waals surface area contributed by atoms with Crippen LogP contribution in [0.1, 0.15) is 41.5 Å². The first-order chi connectivity index (χ1) is 11.8. The molecular formula is C18H22N2O5. The van der Waals surface area contributed by atoms with Crippen LogP contribution < -0.4 is 0 Å². The SMILES string of the molecule is CCN(CC(C)C(=O)OC)C(=O)C(C)N1C(=O)c2ccccc2C1=O. The fourth-order valence-electron chi connectivity index (χ4n) is 2.92. The van der Waals surface area contributed by atoms with Crippen molar-refractivity contribution in [2.24, 2.45) is 5.92 Å². The summed E-state index contributed by atoms with van der Waals surface area (Å²) in [6.45, 7) is 5.48. The Morgan fingerprint density at radius 3 is 2.08 bits per heavy atom. The molecule has 3 amide bonds. The van der Waals surface area contributed by atoms with E-state index < -0.39 is 29.7 Å². The van der Waals surface area contributed by atoms with E-state index in [1.807, 2.05) is 0 Å². The minimum Gasteiger partial charge on any atom is -0.469 e. The van der Waals surface area contributed by atoms with E-state index in [-0.39, 0.29) is 12.5 Å². The van der Waals surface area contributed by atoms with Gasteiger partial charge in [0.05, 0.1) is 24.2 Å². The number of nitrogens with zero attached hydrogens (tertiary/aromatic N) is 2. The van der Waals surface area contributed by atoms with Crippen LogP contribution in [0, 0.1) is 5.92 Å². The van der Waals surface area contributed by atoms with Crippen molar-refractivity contribution in [2.45, 2.75) is 26.8 Å². The van der Waals surface area contributed by atoms with E-state index in [1.54, 1.807) is 38.1 Å². The van der Waals surface area contributed by atoms with Crippen LogP contribution in [-0.4, -0.2) is 59.7 Å². The number of carbonyl (C=O) groups is 4. The third kappa shape index (κ3) is 3.40. The lowest BCUT2D eigenvalue weighted by molar-refractivity contribution is -0.147. The summed E-state index contributed by atoms with van der Waals surface area (Å²) in [6.07, 6.45) is 0. The van der Waals surface area contributed by atoms with Gasteiger partial charge < -0.3 is 9.64 Å². The number of carbonyl (C=O) groups excluding carboxylic acids is 4. The molecule has 1 aromatic rings. The molecule has 134 valence electrons. The van der Waals surface area contributed by atoms with Crippen LogP contribution in [0.5, 0.6) is 0 Å². The number of hydrogen-bond acceptors (Lipinski definition) is 5. The minimum absolute atomic E-state index is 0.162. The number of rotatable bonds is 6. The van der Waals surface area contributed by atoms with Gasteiger partial charge in [0.1, 0.15) is 6.04 Å². The second-order valence-electron chi connectivity index (χ2n) is 6.00. The number of benzene rings is 1. The van der Waals surface area contributed by atoms with Crippen LogP contribution in [0.4, 0.5) is 0 Å². The summed E-state index contributed by atoms with van der Waals surface area (Å²) in [7, 11) is 1.29. The molecule has 25 heavy (non-hydrogen) atoms. The van der Waals surface area contributed by atoms with Crippen molar-refractivity contribution in [1.29, 1.82) is 0 Å². The lowest BCUT2D eigenvalue weighted by Crippen LogP contribution is -2.50. The quantitative estimate of drug-likeness (QED) is 0.573. The molecule has 0 aromatic heterocycles. The summed E-state index contributed by atoms with van der Waals surface area (Å²) in [6, 6.07) is 5.55. The fourth-order valence-corrected chi connectivity index (χ4v) is 2.92. The summed E-state index contributed by atoms with van der Waals surface area (Å²) in [5.74, 6) is -2.24. The van der Waals surface area contributed by atoms with Crippen LogP contribution >= 0.6 is 0 Å². The van der Waals surface area contributed by atoms with Crippen molar-refractivity contribution in [3.63, 3.8) is 0 Å². The Morgan fingerprint density at radius 2 is 1.64 bits per heavy atom. The molecule has 1 aliphatic rings. The van der Waals surface area contributed by atoms with Crippen molar-refractivity contribution in [1.82, 2.24) is 9.80 Å². The van der Waals surface area contributed by atoms with Crippen molar-refractivity contribution in [3.05, 3.63) is 35.4 Å². The summed E-state index contributed by atoms with van der Waals surface area (Å²) in [5.41, 5.74) is 0.608. The Kier molecular flexibility index (Phi) is 5.56. The van der Waals surface area contributed by atoms with Crippen molar-refractivity contribution in [2.75, 3.05) is 20.2 Å². The number of methoxy groups -OCH3 is 1. The van der Waals surface area contributed by atoms with Crippen LogP contribution in [0.2, 0.25) is 0 Å². The molecule has 0 fully saturated rings. The van der Waals surface area contributed by atoms with E-state index in [2.05, 4.69) is 4.74 Å². The highest BCUT2D eigenvalue weighted by Gasteiger charge is 2.41. The third-order valence-corrected chi connectivity index (χ3v) is 4.36. The van der Waals surface area contributed by atoms with E-state index in [0.717, 1.165) is 4.90 Å². The summed E-state index contributed by atoms with van der Waals surface area (Å²) < 4.78 is 4.68. The maximum Gasteiger partial charge on any atom is 0.310 e. The number of hydrogen-bond donors (Lipinski definition) is 0. The van der Waals surface area contributed by atoms with Crippen molar-refractivity contribution < 1.29 is 23.9 Å². The van der Waals surface area contributed by atoms with Gasteiger partial charge in [-0.25, -0.2) is 0 Å². The highest BCUT2D eigenvalue weighted by atomic mass is 16.5. The van der Waals surface area contributed by atoms with Gasteiger partial charge in [0.15, 0.2) is 0 Å². The molecule has 7 nitrogen and oxygen atoms in total. The lowest BCUT2D eigenvalue weighted by atomic mass is 10.1. The van der Waals surface area contributed by atoms with Gasteiger partial charge in [-0.05, 0) is 26.0 Å². The van der Waals surface area contributed by atoms with Gasteiger partial charge in [0, 0.05) is 13.1 Å². The molecule has 1 aromatic carbocycles. The number of ether oxygens (including phenoxy) is 1. The summed E-state index contributed by atoms with van der Waals surface area (Å²) in [4.78, 5) is 51.8. The number of amides is 3. The predicted molar refractivity (Wildman–Crippen MR) is 89.8 cm³/mol. The van der Waals surface area contributed by atoms with Gasteiger partial charge in [0.2, 0.25) is 5.91 Å². The molecule has 2 unspecified atom stereocenters. The van der Waals surface area contributed by atoms with Crippen LogP contribution in [0.3, 0.4) is 0 Å².